The molecule has 0 bridgehead atoms. The lowest BCUT2D eigenvalue weighted by Gasteiger charge is -2.35. The number of amides is 2. The summed E-state index contributed by atoms with van der Waals surface area (Å²) in [7, 11) is 0. The summed E-state index contributed by atoms with van der Waals surface area (Å²) in [6, 6.07) is 3.49. The van der Waals surface area contributed by atoms with Crippen molar-refractivity contribution < 1.29 is 24.2 Å². The molecule has 2 N–H and O–H groups in total. The Morgan fingerprint density at radius 3 is 2.86 bits per heavy atom. The summed E-state index contributed by atoms with van der Waals surface area (Å²) in [4.78, 5) is 36.9. The van der Waals surface area contributed by atoms with Gasteiger partial charge in [-0.3, -0.25) is 9.59 Å². The quantitative estimate of drug-likeness (QED) is 0.825. The highest BCUT2D eigenvalue weighted by molar-refractivity contribution is 7.12. The normalized spacial score (nSPS) is 21.4. The third-order valence-corrected chi connectivity index (χ3v) is 4.13. The lowest BCUT2D eigenvalue weighted by Crippen LogP contribution is -2.52. The number of ether oxygens (including phenoxy) is 1. The number of rotatable bonds is 5. The van der Waals surface area contributed by atoms with Gasteiger partial charge in [0.15, 0.2) is 6.10 Å². The Balaban J connectivity index is 1.79. The lowest BCUT2D eigenvalue weighted by molar-refractivity contribution is -0.166. The van der Waals surface area contributed by atoms with E-state index in [1.165, 1.54) is 16.2 Å². The van der Waals surface area contributed by atoms with Crippen LogP contribution in [0.1, 0.15) is 23.0 Å². The van der Waals surface area contributed by atoms with Gasteiger partial charge in [0, 0.05) is 19.5 Å². The number of carbonyl (C=O) groups excluding carboxylic acids is 2. The van der Waals surface area contributed by atoms with E-state index in [4.69, 9.17) is 9.84 Å². The number of thiophene rings is 1. The summed E-state index contributed by atoms with van der Waals surface area (Å²) in [5, 5.41) is 13.5. The summed E-state index contributed by atoms with van der Waals surface area (Å²) in [5.41, 5.74) is 0. The van der Waals surface area contributed by atoms with E-state index in [2.05, 4.69) is 5.32 Å². The molecule has 1 unspecified atom stereocenters. The molecule has 2 atom stereocenters. The van der Waals surface area contributed by atoms with Gasteiger partial charge in [-0.2, -0.15) is 0 Å². The third kappa shape index (κ3) is 4.28. The van der Waals surface area contributed by atoms with E-state index in [-0.39, 0.29) is 37.4 Å². The molecular formula is C14H18N2O5S. The SMILES string of the molecule is C[C@@H]1CN(C(=O)CCNC(=O)c2cccs2)CC(C(=O)O)O1. The molecule has 1 aliphatic heterocycles. The van der Waals surface area contributed by atoms with Crippen LogP contribution >= 0.6 is 11.3 Å². The fourth-order valence-electron chi connectivity index (χ4n) is 2.23. The van der Waals surface area contributed by atoms with E-state index in [0.717, 1.165) is 0 Å². The third-order valence-electron chi connectivity index (χ3n) is 3.26. The van der Waals surface area contributed by atoms with Crippen LogP contribution in [0.2, 0.25) is 0 Å². The van der Waals surface area contributed by atoms with E-state index in [9.17, 15) is 14.4 Å². The minimum Gasteiger partial charge on any atom is -0.479 e. The minimum atomic E-state index is -1.07. The van der Waals surface area contributed by atoms with Crippen molar-refractivity contribution in [2.24, 2.45) is 0 Å². The highest BCUT2D eigenvalue weighted by Gasteiger charge is 2.32. The van der Waals surface area contributed by atoms with Gasteiger partial charge in [0.25, 0.3) is 5.91 Å². The van der Waals surface area contributed by atoms with Crippen molar-refractivity contribution in [1.82, 2.24) is 10.2 Å². The van der Waals surface area contributed by atoms with Gasteiger partial charge in [-0.25, -0.2) is 4.79 Å². The summed E-state index contributed by atoms with van der Waals surface area (Å²) in [6.07, 6.45) is -1.18. The van der Waals surface area contributed by atoms with Gasteiger partial charge >= 0.3 is 5.97 Å². The van der Waals surface area contributed by atoms with Crippen molar-refractivity contribution in [3.8, 4) is 0 Å². The van der Waals surface area contributed by atoms with E-state index in [1.54, 1.807) is 24.4 Å². The van der Waals surface area contributed by atoms with E-state index in [1.807, 2.05) is 0 Å². The zero-order valence-corrected chi connectivity index (χ0v) is 13.0. The van der Waals surface area contributed by atoms with Gasteiger partial charge in [-0.1, -0.05) is 6.07 Å². The van der Waals surface area contributed by atoms with Crippen molar-refractivity contribution in [1.29, 1.82) is 0 Å². The molecule has 2 rings (SSSR count). The van der Waals surface area contributed by atoms with Crippen LogP contribution in [0.4, 0.5) is 0 Å². The number of morpholine rings is 1. The topological polar surface area (TPSA) is 95.9 Å². The average Bonchev–Trinajstić information content (AvgIpc) is 3.00. The van der Waals surface area contributed by atoms with E-state index < -0.39 is 12.1 Å². The number of hydrogen-bond donors (Lipinski definition) is 2. The molecule has 120 valence electrons. The van der Waals surface area contributed by atoms with Gasteiger partial charge in [0.2, 0.25) is 5.91 Å². The molecule has 2 amide bonds. The molecule has 0 radical (unpaired) electrons. The highest BCUT2D eigenvalue weighted by atomic mass is 32.1. The first-order chi connectivity index (χ1) is 10.5. The number of nitrogens with zero attached hydrogens (tertiary/aromatic N) is 1. The fourth-order valence-corrected chi connectivity index (χ4v) is 2.87. The molecule has 0 saturated carbocycles. The molecule has 1 aromatic rings. The van der Waals surface area contributed by atoms with Crippen molar-refractivity contribution in [2.75, 3.05) is 19.6 Å². The zero-order valence-electron chi connectivity index (χ0n) is 12.2. The highest BCUT2D eigenvalue weighted by Crippen LogP contribution is 2.12. The van der Waals surface area contributed by atoms with Gasteiger partial charge in [-0.05, 0) is 18.4 Å². The van der Waals surface area contributed by atoms with Crippen molar-refractivity contribution in [3.05, 3.63) is 22.4 Å². The molecule has 0 aliphatic carbocycles. The fraction of sp³-hybridized carbons (Fsp3) is 0.500. The summed E-state index contributed by atoms with van der Waals surface area (Å²) >= 11 is 1.33. The average molecular weight is 326 g/mol. The first-order valence-corrected chi connectivity index (χ1v) is 7.83. The second-order valence-corrected chi connectivity index (χ2v) is 6.00. The first-order valence-electron chi connectivity index (χ1n) is 6.95. The molecule has 1 aliphatic rings. The number of aliphatic carboxylic acids is 1. The van der Waals surface area contributed by atoms with Crippen LogP contribution in [0.3, 0.4) is 0 Å². The molecule has 1 aromatic heterocycles. The standard InChI is InChI=1S/C14H18N2O5S/c1-9-7-16(8-10(21-9)14(19)20)12(17)4-5-15-13(18)11-3-2-6-22-11/h2-3,6,9-10H,4-5,7-8H2,1H3,(H,15,18)(H,19,20)/t9-,10?/m1/s1. The molecular weight excluding hydrogens is 308 g/mol. The Morgan fingerprint density at radius 2 is 2.23 bits per heavy atom. The number of hydrogen-bond acceptors (Lipinski definition) is 5. The second kappa shape index (κ2) is 7.37. The van der Waals surface area contributed by atoms with Crippen LogP contribution in [-0.2, 0) is 14.3 Å². The molecule has 7 nitrogen and oxygen atoms in total. The van der Waals surface area contributed by atoms with E-state index in [0.29, 0.717) is 11.4 Å². The van der Waals surface area contributed by atoms with Gasteiger partial charge in [-0.15, -0.1) is 11.3 Å². The Kier molecular flexibility index (Phi) is 5.51. The van der Waals surface area contributed by atoms with Crippen LogP contribution in [0.5, 0.6) is 0 Å². The monoisotopic (exact) mass is 326 g/mol. The van der Waals surface area contributed by atoms with E-state index >= 15 is 0 Å². The Morgan fingerprint density at radius 1 is 1.45 bits per heavy atom. The molecule has 8 heteroatoms. The maximum atomic E-state index is 12.1. The minimum absolute atomic E-state index is 0.0391. The van der Waals surface area contributed by atoms with Crippen molar-refractivity contribution in [2.45, 2.75) is 25.6 Å². The summed E-state index contributed by atoms with van der Waals surface area (Å²) in [6.45, 7) is 2.35. The first kappa shape index (κ1) is 16.4. The second-order valence-electron chi connectivity index (χ2n) is 5.06. The zero-order chi connectivity index (χ0) is 16.1. The van der Waals surface area contributed by atoms with Gasteiger partial charge in [0.05, 0.1) is 17.5 Å². The van der Waals surface area contributed by atoms with Crippen LogP contribution in [0, 0.1) is 0 Å². The van der Waals surface area contributed by atoms with Crippen LogP contribution in [0.15, 0.2) is 17.5 Å². The van der Waals surface area contributed by atoms with Crippen molar-refractivity contribution >= 4 is 29.1 Å². The molecule has 0 aromatic carbocycles. The van der Waals surface area contributed by atoms with Crippen molar-refractivity contribution in [3.63, 3.8) is 0 Å². The lowest BCUT2D eigenvalue weighted by atomic mass is 10.2. The molecule has 1 fully saturated rings. The maximum Gasteiger partial charge on any atom is 0.334 e. The van der Waals surface area contributed by atoms with Gasteiger partial charge < -0.3 is 20.1 Å². The number of carboxylic acid groups (broad SMARTS) is 1. The Bertz CT molecular complexity index is 545. The molecule has 2 heterocycles. The molecule has 0 spiro atoms. The number of carboxylic acids is 1. The Labute approximate surface area is 131 Å². The predicted molar refractivity (Wildman–Crippen MR) is 79.8 cm³/mol. The van der Waals surface area contributed by atoms with Gasteiger partial charge in [0.1, 0.15) is 0 Å². The number of nitrogens with one attached hydrogen (secondary N) is 1. The summed E-state index contributed by atoms with van der Waals surface area (Å²) in [5.74, 6) is -1.47. The molecule has 1 saturated heterocycles. The van der Waals surface area contributed by atoms with Crippen LogP contribution in [0.25, 0.3) is 0 Å². The van der Waals surface area contributed by atoms with Crippen LogP contribution in [-0.4, -0.2) is 59.6 Å². The maximum absolute atomic E-state index is 12.1. The Hall–Kier alpha value is -1.93. The van der Waals surface area contributed by atoms with Crippen LogP contribution < -0.4 is 5.32 Å². The molecule has 22 heavy (non-hydrogen) atoms. The summed E-state index contributed by atoms with van der Waals surface area (Å²) < 4.78 is 5.26. The number of carbonyl (C=O) groups is 3. The smallest absolute Gasteiger partial charge is 0.334 e. The predicted octanol–water partition coefficient (Wildman–Crippen LogP) is 0.568. The largest absolute Gasteiger partial charge is 0.479 e.